The molecule has 1 N–H and O–H groups in total. The summed E-state index contributed by atoms with van der Waals surface area (Å²) in [7, 11) is -2.02. The predicted molar refractivity (Wildman–Crippen MR) is 86.5 cm³/mol. The molecule has 5 heteroatoms. The average Bonchev–Trinajstić information content (AvgIpc) is 2.47. The van der Waals surface area contributed by atoms with E-state index in [2.05, 4.69) is 25.1 Å². The third-order valence-electron chi connectivity index (χ3n) is 3.32. The molecule has 0 aromatic heterocycles. The third-order valence-corrected chi connectivity index (χ3v) is 5.12. The Kier molecular flexibility index (Phi) is 6.90. The highest BCUT2D eigenvalue weighted by Crippen LogP contribution is 2.19. The summed E-state index contributed by atoms with van der Waals surface area (Å²) in [4.78, 5) is 0.297. The molecule has 0 heterocycles. The van der Waals surface area contributed by atoms with E-state index < -0.39 is 10.0 Å². The van der Waals surface area contributed by atoms with E-state index in [1.807, 2.05) is 6.07 Å². The molecule has 0 aliphatic rings. The fraction of sp³-hybridized carbons (Fsp3) is 0.500. The lowest BCUT2D eigenvalue weighted by atomic mass is 10.1. The van der Waals surface area contributed by atoms with Crippen molar-refractivity contribution in [3.8, 4) is 12.3 Å². The van der Waals surface area contributed by atoms with E-state index in [-0.39, 0.29) is 6.54 Å². The lowest BCUT2D eigenvalue weighted by Gasteiger charge is -2.16. The van der Waals surface area contributed by atoms with Crippen LogP contribution in [0.25, 0.3) is 0 Å². The van der Waals surface area contributed by atoms with Crippen LogP contribution in [0.3, 0.4) is 0 Å². The second kappa shape index (κ2) is 8.18. The van der Waals surface area contributed by atoms with Crippen LogP contribution in [0.2, 0.25) is 0 Å². The Balaban J connectivity index is 3.10. The highest BCUT2D eigenvalue weighted by atomic mass is 32.2. The Morgan fingerprint density at radius 3 is 2.57 bits per heavy atom. The number of terminal acetylenes is 1. The molecule has 0 saturated carbocycles. The van der Waals surface area contributed by atoms with Crippen molar-refractivity contribution in [2.75, 3.05) is 20.1 Å². The van der Waals surface area contributed by atoms with Crippen LogP contribution in [-0.2, 0) is 23.0 Å². The van der Waals surface area contributed by atoms with Crippen LogP contribution >= 0.6 is 0 Å². The van der Waals surface area contributed by atoms with Gasteiger partial charge >= 0.3 is 0 Å². The predicted octanol–water partition coefficient (Wildman–Crippen LogP) is 2.00. The lowest BCUT2D eigenvalue weighted by Crippen LogP contribution is -2.27. The number of nitrogens with zero attached hydrogens (tertiary/aromatic N) is 1. The van der Waals surface area contributed by atoms with Crippen molar-refractivity contribution in [1.29, 1.82) is 0 Å². The summed E-state index contributed by atoms with van der Waals surface area (Å²) in [5.41, 5.74) is 2.19. The third kappa shape index (κ3) is 4.57. The molecule has 1 aromatic rings. The van der Waals surface area contributed by atoms with Crippen molar-refractivity contribution in [1.82, 2.24) is 9.62 Å². The van der Waals surface area contributed by atoms with E-state index in [4.69, 9.17) is 6.42 Å². The van der Waals surface area contributed by atoms with Crippen molar-refractivity contribution in [3.63, 3.8) is 0 Å². The summed E-state index contributed by atoms with van der Waals surface area (Å²) < 4.78 is 26.0. The van der Waals surface area contributed by atoms with Gasteiger partial charge in [-0.2, -0.15) is 4.31 Å². The first-order valence-electron chi connectivity index (χ1n) is 7.19. The maximum absolute atomic E-state index is 12.4. The van der Waals surface area contributed by atoms with E-state index in [0.717, 1.165) is 30.5 Å². The zero-order valence-corrected chi connectivity index (χ0v) is 13.8. The summed E-state index contributed by atoms with van der Waals surface area (Å²) >= 11 is 0. The van der Waals surface area contributed by atoms with Gasteiger partial charge in [-0.1, -0.05) is 25.8 Å². The number of sulfonamides is 1. The van der Waals surface area contributed by atoms with Crippen LogP contribution in [-0.4, -0.2) is 32.9 Å². The van der Waals surface area contributed by atoms with Crippen molar-refractivity contribution < 1.29 is 8.42 Å². The largest absolute Gasteiger partial charge is 0.313 e. The van der Waals surface area contributed by atoms with Gasteiger partial charge in [-0.25, -0.2) is 8.42 Å². The van der Waals surface area contributed by atoms with E-state index in [0.29, 0.717) is 11.4 Å². The molecule has 21 heavy (non-hydrogen) atoms. The van der Waals surface area contributed by atoms with Crippen LogP contribution in [0.15, 0.2) is 23.1 Å². The van der Waals surface area contributed by atoms with Crippen LogP contribution in [0.5, 0.6) is 0 Å². The Morgan fingerprint density at radius 1 is 1.29 bits per heavy atom. The Hall–Kier alpha value is -1.35. The number of benzene rings is 1. The van der Waals surface area contributed by atoms with Crippen molar-refractivity contribution >= 4 is 10.0 Å². The summed E-state index contributed by atoms with van der Waals surface area (Å²) in [6, 6.07) is 5.30. The number of hydrogen-bond acceptors (Lipinski definition) is 3. The first-order chi connectivity index (χ1) is 9.97. The van der Waals surface area contributed by atoms with Gasteiger partial charge in [0, 0.05) is 13.6 Å². The summed E-state index contributed by atoms with van der Waals surface area (Å²) in [6.07, 6.45) is 7.12. The van der Waals surface area contributed by atoms with Gasteiger partial charge in [-0.15, -0.1) is 6.42 Å². The van der Waals surface area contributed by atoms with Crippen molar-refractivity contribution in [2.45, 2.75) is 38.1 Å². The minimum Gasteiger partial charge on any atom is -0.313 e. The first-order valence-corrected chi connectivity index (χ1v) is 8.63. The van der Waals surface area contributed by atoms with Crippen LogP contribution in [0.4, 0.5) is 0 Å². The van der Waals surface area contributed by atoms with Gasteiger partial charge in [0.05, 0.1) is 11.4 Å². The molecule has 116 valence electrons. The molecule has 0 aliphatic carbocycles. The number of aryl methyl sites for hydroxylation is 1. The molecule has 0 saturated heterocycles. The van der Waals surface area contributed by atoms with E-state index >= 15 is 0 Å². The van der Waals surface area contributed by atoms with Gasteiger partial charge in [0.1, 0.15) is 0 Å². The fourth-order valence-electron chi connectivity index (χ4n) is 2.07. The Labute approximate surface area is 128 Å². The summed E-state index contributed by atoms with van der Waals surface area (Å²) in [5.74, 6) is 2.36. The molecule has 0 spiro atoms. The van der Waals surface area contributed by atoms with Crippen LogP contribution in [0, 0.1) is 12.3 Å². The maximum Gasteiger partial charge on any atom is 0.243 e. The van der Waals surface area contributed by atoms with Gasteiger partial charge in [0.15, 0.2) is 0 Å². The van der Waals surface area contributed by atoms with Crippen molar-refractivity contribution in [3.05, 3.63) is 29.3 Å². The Bertz CT molecular complexity index is 603. The van der Waals surface area contributed by atoms with Crippen molar-refractivity contribution in [2.24, 2.45) is 0 Å². The topological polar surface area (TPSA) is 49.4 Å². The number of rotatable bonds is 8. The van der Waals surface area contributed by atoms with Crippen LogP contribution in [0.1, 0.15) is 31.4 Å². The zero-order valence-electron chi connectivity index (χ0n) is 13.0. The summed E-state index contributed by atoms with van der Waals surface area (Å²) in [6.45, 7) is 5.83. The minimum atomic E-state index is -3.52. The highest BCUT2D eigenvalue weighted by molar-refractivity contribution is 7.89. The van der Waals surface area contributed by atoms with Gasteiger partial charge in [-0.3, -0.25) is 0 Å². The quantitative estimate of drug-likeness (QED) is 0.590. The average molecular weight is 308 g/mol. The molecule has 1 aromatic carbocycles. The Morgan fingerprint density at radius 2 is 2.00 bits per heavy atom. The van der Waals surface area contributed by atoms with E-state index in [1.165, 1.54) is 11.4 Å². The highest BCUT2D eigenvalue weighted by Gasteiger charge is 2.20. The minimum absolute atomic E-state index is 0.0707. The second-order valence-electron chi connectivity index (χ2n) is 4.93. The number of nitrogens with one attached hydrogen (secondary N) is 1. The number of hydrogen-bond donors (Lipinski definition) is 1. The SMILES string of the molecule is C#CCN(C)S(=O)(=O)c1ccc(CC)c(CNCCC)c1. The van der Waals surface area contributed by atoms with Crippen LogP contribution < -0.4 is 5.32 Å². The zero-order chi connectivity index (χ0) is 15.9. The molecular formula is C16H24N2O2S. The van der Waals surface area contributed by atoms with E-state index in [1.54, 1.807) is 12.1 Å². The molecule has 0 bridgehead atoms. The van der Waals surface area contributed by atoms with Gasteiger partial charge in [0.25, 0.3) is 0 Å². The standard InChI is InChI=1S/C16H24N2O2S/c1-5-10-17-13-15-12-16(9-8-14(15)7-3)21(19,20)18(4)11-6-2/h2,8-9,12,17H,5,7,10-11,13H2,1,3-4H3. The molecule has 0 aliphatic heterocycles. The van der Waals surface area contributed by atoms with Gasteiger partial charge in [0.2, 0.25) is 10.0 Å². The maximum atomic E-state index is 12.4. The monoisotopic (exact) mass is 308 g/mol. The molecule has 0 amide bonds. The second-order valence-corrected chi connectivity index (χ2v) is 6.97. The van der Waals surface area contributed by atoms with E-state index in [9.17, 15) is 8.42 Å². The smallest absolute Gasteiger partial charge is 0.243 e. The molecule has 1 rings (SSSR count). The normalized spacial score (nSPS) is 11.6. The molecule has 0 atom stereocenters. The first kappa shape index (κ1) is 17.7. The molecule has 0 radical (unpaired) electrons. The lowest BCUT2D eigenvalue weighted by molar-refractivity contribution is 0.502. The van der Waals surface area contributed by atoms with Gasteiger partial charge in [-0.05, 0) is 42.6 Å². The molecule has 4 nitrogen and oxygen atoms in total. The molecule has 0 fully saturated rings. The molecular weight excluding hydrogens is 284 g/mol. The summed E-state index contributed by atoms with van der Waals surface area (Å²) in [5, 5.41) is 3.32. The van der Waals surface area contributed by atoms with Gasteiger partial charge < -0.3 is 5.32 Å². The molecule has 0 unspecified atom stereocenters. The fourth-order valence-corrected chi connectivity index (χ4v) is 3.20.